The van der Waals surface area contributed by atoms with Crippen LogP contribution in [0.5, 0.6) is 0 Å². The first-order valence-electron chi connectivity index (χ1n) is 26.4. The normalized spacial score (nSPS) is 53.2. The summed E-state index contributed by atoms with van der Waals surface area (Å²) in [4.78, 5) is 0. The Hall–Kier alpha value is -1.28. The highest BCUT2D eigenvalue weighted by Gasteiger charge is 2.58. The van der Waals surface area contributed by atoms with Gasteiger partial charge in [0.05, 0.1) is 69.0 Å². The highest BCUT2D eigenvalue weighted by atomic mass is 16.8. The molecule has 0 bridgehead atoms. The Kier molecular flexibility index (Phi) is 22.3. The summed E-state index contributed by atoms with van der Waals surface area (Å²) in [6.07, 6.45) is -53.3. The molecular weight excluding hydrogens is 1070 g/mol. The molecule has 462 valence electrons. The Morgan fingerprint density at radius 3 is 1.22 bits per heavy atom. The van der Waals surface area contributed by atoms with Gasteiger partial charge in [0.15, 0.2) is 31.5 Å². The van der Waals surface area contributed by atoms with Crippen LogP contribution in [-0.2, 0) is 56.8 Å². The summed E-state index contributed by atoms with van der Waals surface area (Å²) in [7, 11) is 0. The Balaban J connectivity index is 1.15. The number of aliphatic hydroxyl groups excluding tert-OH is 18. The number of nitrogens with two attached hydrogens (primary N) is 2. The molecule has 32 heteroatoms. The number of aliphatic hydroxyl groups is 18. The molecule has 7 aliphatic rings. The third kappa shape index (κ3) is 13.6. The van der Waals surface area contributed by atoms with Gasteiger partial charge in [-0.05, 0) is 25.7 Å². The summed E-state index contributed by atoms with van der Waals surface area (Å²) < 4.78 is 72.1. The van der Waals surface area contributed by atoms with Crippen LogP contribution in [0.4, 0.5) is 0 Å². The Bertz CT molecular complexity index is 1880. The van der Waals surface area contributed by atoms with E-state index in [0.717, 1.165) is 0 Å². The first-order chi connectivity index (χ1) is 37.1. The van der Waals surface area contributed by atoms with Crippen molar-refractivity contribution in [3.05, 3.63) is 0 Å². The predicted molar refractivity (Wildman–Crippen MR) is 253 cm³/mol. The van der Waals surface area contributed by atoms with Gasteiger partial charge in [0.2, 0.25) is 0 Å². The number of rotatable bonds is 17. The van der Waals surface area contributed by atoms with E-state index in [-0.39, 0.29) is 6.42 Å². The SMILES string of the molecule is CC1OC(OC2C(N)[C@H](OCC3O[C@@H](C(C)(C)C)C(O)C(O[C@@H]4OC(CO)[C@@H](O[C@@H]5OC(C)[C@@H](O)C(O)C5O)C(O[C@@H]5OC(CO)[C@H](O)C(O)C5O)C4N)[C@H]3O)CC(CO)[C@H]2O[C@@H]2OC(CO)[C@H](O)C(O)C2O)C(O)C(O)[C@@H]1O. The minimum atomic E-state index is -2.02. The van der Waals surface area contributed by atoms with Crippen LogP contribution < -0.4 is 11.5 Å². The van der Waals surface area contributed by atoms with Crippen molar-refractivity contribution in [1.82, 2.24) is 0 Å². The third-order valence-electron chi connectivity index (χ3n) is 16.0. The molecule has 0 aromatic rings. The van der Waals surface area contributed by atoms with Crippen molar-refractivity contribution >= 4 is 0 Å². The van der Waals surface area contributed by atoms with Crippen molar-refractivity contribution in [1.29, 1.82) is 0 Å². The van der Waals surface area contributed by atoms with Crippen LogP contribution in [-0.4, -0.2) is 333 Å². The van der Waals surface area contributed by atoms with E-state index in [4.69, 9.17) is 68.3 Å². The molecule has 6 heterocycles. The van der Waals surface area contributed by atoms with Crippen LogP contribution in [0, 0.1) is 11.3 Å². The van der Waals surface area contributed by atoms with Crippen LogP contribution in [0.1, 0.15) is 41.0 Å². The summed E-state index contributed by atoms with van der Waals surface area (Å²) in [6.45, 7) is 3.94. The number of ether oxygens (including phenoxy) is 12. The van der Waals surface area contributed by atoms with Crippen molar-refractivity contribution in [2.24, 2.45) is 22.8 Å². The standard InChI is InChI=1S/C47H84N2O30/c1-12-22(54)27(59)31(63)43(69-12)76-37-18(10-53)74-42(21(49)39(37)78-46-34(66)30(62)25(57)17(9-52)73-46)79-40-26(58)19(71-41(35(40)67)47(3,4)5)11-68-15-6-14(7-50)36(75-45-33(65)29(61)24(56)16(8-51)72-45)38(20(15)48)77-44-32(64)28(60)23(55)13(2)70-44/h12-46,50-67H,6-11,48-49H2,1-5H3/t12?,13?,14?,15-,16?,17?,18?,19?,20?,21?,22-,23-,24+,25+,26+,27?,28?,29?,30?,31?,32?,33?,34?,35?,36-,37-,38?,39?,40?,41-,42+,43+,44?,45+,46+/m1/s1. The zero-order valence-corrected chi connectivity index (χ0v) is 44.1. The van der Waals surface area contributed by atoms with Gasteiger partial charge in [-0.2, -0.15) is 0 Å². The summed E-state index contributed by atoms with van der Waals surface area (Å²) in [6, 6.07) is -3.05. The van der Waals surface area contributed by atoms with Gasteiger partial charge >= 0.3 is 0 Å². The maximum absolute atomic E-state index is 12.2. The van der Waals surface area contributed by atoms with E-state index in [1.807, 2.05) is 0 Å². The first-order valence-corrected chi connectivity index (χ1v) is 26.4. The first kappa shape index (κ1) is 65.3. The van der Waals surface area contributed by atoms with Crippen molar-refractivity contribution in [3.63, 3.8) is 0 Å². The maximum atomic E-state index is 12.2. The van der Waals surface area contributed by atoms with E-state index in [9.17, 15) is 91.9 Å². The number of hydrogen-bond donors (Lipinski definition) is 20. The largest absolute Gasteiger partial charge is 0.396 e. The second-order valence-corrected chi connectivity index (χ2v) is 22.6. The van der Waals surface area contributed by atoms with E-state index in [2.05, 4.69) is 0 Å². The molecule has 22 unspecified atom stereocenters. The zero-order valence-electron chi connectivity index (χ0n) is 44.1. The molecule has 0 spiro atoms. The van der Waals surface area contributed by atoms with Crippen molar-refractivity contribution in [3.8, 4) is 0 Å². The molecular formula is C47H84N2O30. The van der Waals surface area contributed by atoms with E-state index >= 15 is 0 Å². The fraction of sp³-hybridized carbons (Fsp3) is 1.00. The Morgan fingerprint density at radius 2 is 0.772 bits per heavy atom. The van der Waals surface area contributed by atoms with Gasteiger partial charge < -0.3 is 160 Å². The summed E-state index contributed by atoms with van der Waals surface area (Å²) in [5.41, 5.74) is 12.7. The van der Waals surface area contributed by atoms with E-state index in [0.29, 0.717) is 0 Å². The monoisotopic (exact) mass is 1160 g/mol. The summed E-state index contributed by atoms with van der Waals surface area (Å²) in [5, 5.41) is 194. The Labute approximate surface area is 453 Å². The summed E-state index contributed by atoms with van der Waals surface area (Å²) >= 11 is 0. The summed E-state index contributed by atoms with van der Waals surface area (Å²) in [5.74, 6) is -1.07. The lowest BCUT2D eigenvalue weighted by Gasteiger charge is -2.52. The van der Waals surface area contributed by atoms with Crippen molar-refractivity contribution in [2.75, 3.05) is 33.0 Å². The average molecular weight is 1160 g/mol. The molecule has 7 rings (SSSR count). The predicted octanol–water partition coefficient (Wildman–Crippen LogP) is -11.5. The van der Waals surface area contributed by atoms with Gasteiger partial charge in [0.1, 0.15) is 134 Å². The molecule has 0 radical (unpaired) electrons. The quantitative estimate of drug-likeness (QED) is 0.0643. The average Bonchev–Trinajstić information content (AvgIpc) is 3.43. The van der Waals surface area contributed by atoms with Crippen molar-refractivity contribution in [2.45, 2.75) is 249 Å². The highest BCUT2D eigenvalue weighted by Crippen LogP contribution is 2.41. The zero-order chi connectivity index (χ0) is 58.4. The highest BCUT2D eigenvalue weighted by molar-refractivity contribution is 5.04. The van der Waals surface area contributed by atoms with Gasteiger partial charge in [-0.1, -0.05) is 20.8 Å². The molecule has 0 aromatic carbocycles. The minimum Gasteiger partial charge on any atom is -0.396 e. The third-order valence-corrected chi connectivity index (χ3v) is 16.0. The van der Waals surface area contributed by atoms with Crippen LogP contribution in [0.2, 0.25) is 0 Å². The smallest absolute Gasteiger partial charge is 0.187 e. The molecule has 1 saturated carbocycles. The maximum Gasteiger partial charge on any atom is 0.187 e. The molecule has 35 atom stereocenters. The van der Waals surface area contributed by atoms with Gasteiger partial charge in [-0.25, -0.2) is 0 Å². The van der Waals surface area contributed by atoms with Crippen molar-refractivity contribution < 1.29 is 149 Å². The molecule has 0 aromatic heterocycles. The van der Waals surface area contributed by atoms with Crippen LogP contribution in [0.3, 0.4) is 0 Å². The van der Waals surface area contributed by atoms with Gasteiger partial charge in [0.25, 0.3) is 0 Å². The fourth-order valence-corrected chi connectivity index (χ4v) is 11.1. The molecule has 6 saturated heterocycles. The van der Waals surface area contributed by atoms with Gasteiger partial charge in [-0.15, -0.1) is 0 Å². The molecule has 32 nitrogen and oxygen atoms in total. The lowest BCUT2D eigenvalue weighted by molar-refractivity contribution is -0.380. The molecule has 22 N–H and O–H groups in total. The molecule has 79 heavy (non-hydrogen) atoms. The molecule has 6 aliphatic heterocycles. The second kappa shape index (κ2) is 27.0. The Morgan fingerprint density at radius 1 is 0.380 bits per heavy atom. The molecule has 0 amide bonds. The topological polar surface area (TPSA) is 527 Å². The lowest BCUT2D eigenvalue weighted by atomic mass is 9.79. The van der Waals surface area contributed by atoms with Crippen LogP contribution in [0.15, 0.2) is 0 Å². The lowest BCUT2D eigenvalue weighted by Crippen LogP contribution is -2.70. The molecule has 7 fully saturated rings. The van der Waals surface area contributed by atoms with Crippen LogP contribution in [0.25, 0.3) is 0 Å². The second-order valence-electron chi connectivity index (χ2n) is 22.6. The fourth-order valence-electron chi connectivity index (χ4n) is 11.1. The number of hydrogen-bond acceptors (Lipinski definition) is 32. The minimum absolute atomic E-state index is 0.187. The molecule has 1 aliphatic carbocycles. The van der Waals surface area contributed by atoms with Crippen LogP contribution >= 0.6 is 0 Å². The van der Waals surface area contributed by atoms with E-state index in [1.165, 1.54) is 13.8 Å². The van der Waals surface area contributed by atoms with Gasteiger partial charge in [0, 0.05) is 12.5 Å². The van der Waals surface area contributed by atoms with Gasteiger partial charge in [-0.3, -0.25) is 0 Å². The van der Waals surface area contributed by atoms with E-state index < -0.39 is 253 Å². The van der Waals surface area contributed by atoms with E-state index in [1.54, 1.807) is 20.8 Å².